The molecule has 132 valence electrons. The fraction of sp³-hybridized carbons (Fsp3) is 0.211. The number of hydrogen-bond acceptors (Lipinski definition) is 5. The van der Waals surface area contributed by atoms with Crippen LogP contribution in [0.2, 0.25) is 0 Å². The number of para-hydroxylation sites is 1. The predicted molar refractivity (Wildman–Crippen MR) is 102 cm³/mol. The number of rotatable bonds is 3. The van der Waals surface area contributed by atoms with Crippen LogP contribution in [0.4, 0.5) is 5.69 Å². The second-order valence-electron chi connectivity index (χ2n) is 6.04. The monoisotopic (exact) mass is 412 g/mol. The Morgan fingerprint density at radius 2 is 1.73 bits per heavy atom. The first-order valence-electron chi connectivity index (χ1n) is 8.39. The molecular formula is C19H17BrN4O2. The van der Waals surface area contributed by atoms with Crippen LogP contribution < -0.4 is 4.90 Å². The van der Waals surface area contributed by atoms with E-state index in [2.05, 4.69) is 43.2 Å². The van der Waals surface area contributed by atoms with Crippen molar-refractivity contribution in [1.29, 1.82) is 0 Å². The molecular weight excluding hydrogens is 396 g/mol. The van der Waals surface area contributed by atoms with Crippen LogP contribution in [0.3, 0.4) is 0 Å². The van der Waals surface area contributed by atoms with E-state index in [1.54, 1.807) is 4.90 Å². The van der Waals surface area contributed by atoms with Crippen molar-refractivity contribution >= 4 is 27.5 Å². The van der Waals surface area contributed by atoms with Crippen LogP contribution in [-0.4, -0.2) is 47.2 Å². The third-order valence-corrected chi connectivity index (χ3v) is 4.86. The predicted octanol–water partition coefficient (Wildman–Crippen LogP) is 3.46. The quantitative estimate of drug-likeness (QED) is 0.658. The number of carbonyl (C=O) groups is 1. The van der Waals surface area contributed by atoms with Crippen LogP contribution in [0.5, 0.6) is 0 Å². The van der Waals surface area contributed by atoms with E-state index in [9.17, 15) is 4.79 Å². The largest absolute Gasteiger partial charge is 0.412 e. The Balaban J connectivity index is 1.43. The SMILES string of the molecule is O=C(c1nnc(-c2cccc(Br)c2)o1)N1CCN(c2ccccc2)CC1. The lowest BCUT2D eigenvalue weighted by atomic mass is 10.2. The summed E-state index contributed by atoms with van der Waals surface area (Å²) in [6.45, 7) is 2.81. The van der Waals surface area contributed by atoms with Gasteiger partial charge < -0.3 is 14.2 Å². The van der Waals surface area contributed by atoms with Crippen molar-refractivity contribution in [3.05, 3.63) is 65.0 Å². The van der Waals surface area contributed by atoms with Crippen molar-refractivity contribution in [1.82, 2.24) is 15.1 Å². The van der Waals surface area contributed by atoms with Crippen molar-refractivity contribution in [2.45, 2.75) is 0 Å². The maximum Gasteiger partial charge on any atom is 0.311 e. The third-order valence-electron chi connectivity index (χ3n) is 4.37. The van der Waals surface area contributed by atoms with Gasteiger partial charge >= 0.3 is 11.8 Å². The smallest absolute Gasteiger partial charge is 0.311 e. The van der Waals surface area contributed by atoms with E-state index < -0.39 is 0 Å². The molecule has 6 nitrogen and oxygen atoms in total. The molecule has 1 amide bonds. The molecule has 2 aromatic carbocycles. The minimum absolute atomic E-state index is 0.0353. The molecule has 1 saturated heterocycles. The lowest BCUT2D eigenvalue weighted by Crippen LogP contribution is -2.48. The van der Waals surface area contributed by atoms with E-state index in [1.807, 2.05) is 42.5 Å². The topological polar surface area (TPSA) is 62.5 Å². The zero-order chi connectivity index (χ0) is 17.9. The fourth-order valence-electron chi connectivity index (χ4n) is 2.99. The van der Waals surface area contributed by atoms with Crippen LogP contribution in [0.15, 0.2) is 63.5 Å². The molecule has 1 aliphatic rings. The number of carbonyl (C=O) groups excluding carboxylic acids is 1. The minimum Gasteiger partial charge on any atom is -0.412 e. The van der Waals surface area contributed by atoms with Crippen LogP contribution in [0, 0.1) is 0 Å². The summed E-state index contributed by atoms with van der Waals surface area (Å²) in [5.41, 5.74) is 1.95. The molecule has 0 aliphatic carbocycles. The third kappa shape index (κ3) is 3.48. The first kappa shape index (κ1) is 16.8. The number of benzene rings is 2. The number of aromatic nitrogens is 2. The average molecular weight is 413 g/mol. The van der Waals surface area contributed by atoms with Gasteiger partial charge in [-0.2, -0.15) is 0 Å². The number of halogens is 1. The van der Waals surface area contributed by atoms with Crippen molar-refractivity contribution in [2.75, 3.05) is 31.1 Å². The molecule has 1 aromatic heterocycles. The fourth-order valence-corrected chi connectivity index (χ4v) is 3.39. The van der Waals surface area contributed by atoms with E-state index in [4.69, 9.17) is 4.42 Å². The molecule has 1 aliphatic heterocycles. The number of nitrogens with zero attached hydrogens (tertiary/aromatic N) is 4. The lowest BCUT2D eigenvalue weighted by Gasteiger charge is -2.35. The van der Waals surface area contributed by atoms with Crippen LogP contribution in [-0.2, 0) is 0 Å². The Morgan fingerprint density at radius 1 is 0.962 bits per heavy atom. The molecule has 0 radical (unpaired) electrons. The molecule has 0 saturated carbocycles. The van der Waals surface area contributed by atoms with Gasteiger partial charge in [0.15, 0.2) is 0 Å². The maximum absolute atomic E-state index is 12.7. The Morgan fingerprint density at radius 3 is 2.46 bits per heavy atom. The van der Waals surface area contributed by atoms with Crippen molar-refractivity contribution < 1.29 is 9.21 Å². The zero-order valence-electron chi connectivity index (χ0n) is 14.0. The highest BCUT2D eigenvalue weighted by Gasteiger charge is 2.26. The Kier molecular flexibility index (Phi) is 4.71. The molecule has 7 heteroatoms. The van der Waals surface area contributed by atoms with Crippen molar-refractivity contribution in [3.63, 3.8) is 0 Å². The summed E-state index contributed by atoms with van der Waals surface area (Å²) in [6.07, 6.45) is 0. The molecule has 0 spiro atoms. The molecule has 0 N–H and O–H groups in total. The van der Waals surface area contributed by atoms with Crippen LogP contribution in [0.25, 0.3) is 11.5 Å². The number of hydrogen-bond donors (Lipinski definition) is 0. The summed E-state index contributed by atoms with van der Waals surface area (Å²) in [4.78, 5) is 16.7. The van der Waals surface area contributed by atoms with E-state index >= 15 is 0 Å². The summed E-state index contributed by atoms with van der Waals surface area (Å²) in [5, 5.41) is 7.95. The van der Waals surface area contributed by atoms with Gasteiger partial charge in [0, 0.05) is 41.9 Å². The van der Waals surface area contributed by atoms with Gasteiger partial charge in [-0.15, -0.1) is 10.2 Å². The molecule has 0 bridgehead atoms. The van der Waals surface area contributed by atoms with Gasteiger partial charge in [-0.1, -0.05) is 40.2 Å². The maximum atomic E-state index is 12.7. The lowest BCUT2D eigenvalue weighted by molar-refractivity contribution is 0.0707. The Bertz CT molecular complexity index is 905. The highest BCUT2D eigenvalue weighted by molar-refractivity contribution is 9.10. The Hall–Kier alpha value is -2.67. The highest BCUT2D eigenvalue weighted by atomic mass is 79.9. The molecule has 2 heterocycles. The average Bonchev–Trinajstić information content (AvgIpc) is 3.18. The standard InChI is InChI=1S/C19H17BrN4O2/c20-15-6-4-5-14(13-15)17-21-22-18(26-17)19(25)24-11-9-23(10-12-24)16-7-2-1-3-8-16/h1-8,13H,9-12H2. The van der Waals surface area contributed by atoms with E-state index in [0.717, 1.165) is 23.1 Å². The minimum atomic E-state index is -0.216. The molecule has 0 unspecified atom stereocenters. The zero-order valence-corrected chi connectivity index (χ0v) is 15.6. The van der Waals surface area contributed by atoms with E-state index in [1.165, 1.54) is 5.69 Å². The van der Waals surface area contributed by atoms with Gasteiger partial charge in [-0.05, 0) is 30.3 Å². The molecule has 3 aromatic rings. The number of amides is 1. The van der Waals surface area contributed by atoms with Gasteiger partial charge in [0.05, 0.1) is 0 Å². The first-order valence-corrected chi connectivity index (χ1v) is 9.19. The van der Waals surface area contributed by atoms with Crippen LogP contribution in [0.1, 0.15) is 10.7 Å². The molecule has 0 atom stereocenters. The first-order chi connectivity index (χ1) is 12.7. The van der Waals surface area contributed by atoms with E-state index in [-0.39, 0.29) is 11.8 Å². The van der Waals surface area contributed by atoms with Gasteiger partial charge in [0.25, 0.3) is 0 Å². The van der Waals surface area contributed by atoms with Crippen molar-refractivity contribution in [3.8, 4) is 11.5 Å². The van der Waals surface area contributed by atoms with Gasteiger partial charge in [0.1, 0.15) is 0 Å². The molecule has 26 heavy (non-hydrogen) atoms. The van der Waals surface area contributed by atoms with Crippen molar-refractivity contribution in [2.24, 2.45) is 0 Å². The van der Waals surface area contributed by atoms with E-state index in [0.29, 0.717) is 19.0 Å². The molecule has 4 rings (SSSR count). The number of piperazine rings is 1. The highest BCUT2D eigenvalue weighted by Crippen LogP contribution is 2.22. The van der Waals surface area contributed by atoms with Gasteiger partial charge in [-0.3, -0.25) is 4.79 Å². The summed E-state index contributed by atoms with van der Waals surface area (Å²) in [5.74, 6) is 0.164. The summed E-state index contributed by atoms with van der Waals surface area (Å²) < 4.78 is 6.52. The summed E-state index contributed by atoms with van der Waals surface area (Å²) in [6, 6.07) is 17.8. The second-order valence-corrected chi connectivity index (χ2v) is 6.95. The normalized spacial score (nSPS) is 14.5. The molecule has 1 fully saturated rings. The summed E-state index contributed by atoms with van der Waals surface area (Å²) in [7, 11) is 0. The second kappa shape index (κ2) is 7.29. The van der Waals surface area contributed by atoms with Crippen LogP contribution >= 0.6 is 15.9 Å². The summed E-state index contributed by atoms with van der Waals surface area (Å²) >= 11 is 3.41. The van der Waals surface area contributed by atoms with Gasteiger partial charge in [-0.25, -0.2) is 0 Å². The Labute approximate surface area is 159 Å². The van der Waals surface area contributed by atoms with Gasteiger partial charge in [0.2, 0.25) is 5.89 Å². The number of anilines is 1.